The molecule has 2 amide bonds. The average Bonchev–Trinajstić information content (AvgIpc) is 2.90. The van der Waals surface area contributed by atoms with Crippen molar-refractivity contribution in [2.45, 2.75) is 50.5 Å². The van der Waals surface area contributed by atoms with Crippen molar-refractivity contribution in [3.05, 3.63) is 96.1 Å². The summed E-state index contributed by atoms with van der Waals surface area (Å²) in [4.78, 5) is 27.6. The lowest BCUT2D eigenvalue weighted by Crippen LogP contribution is -2.52. The summed E-state index contributed by atoms with van der Waals surface area (Å²) in [5.74, 6) is -1.21. The maximum atomic E-state index is 13.7. The summed E-state index contributed by atoms with van der Waals surface area (Å²) in [6, 6.07) is 18.5. The highest BCUT2D eigenvalue weighted by molar-refractivity contribution is 7.92. The Morgan fingerprint density at radius 2 is 1.46 bits per heavy atom. The molecule has 3 rings (SSSR count). The second kappa shape index (κ2) is 12.3. The number of alkyl halides is 3. The largest absolute Gasteiger partial charge is 0.416 e. The predicted octanol–water partition coefficient (Wildman–Crippen LogP) is 4.84. The molecule has 208 valence electrons. The molecule has 0 aromatic heterocycles. The molecule has 0 aliphatic heterocycles. The number of rotatable bonds is 10. The minimum atomic E-state index is -4.73. The summed E-state index contributed by atoms with van der Waals surface area (Å²) >= 11 is 0. The van der Waals surface area contributed by atoms with E-state index in [-0.39, 0.29) is 23.2 Å². The fourth-order valence-electron chi connectivity index (χ4n) is 3.85. The first-order valence-electron chi connectivity index (χ1n) is 12.2. The van der Waals surface area contributed by atoms with Crippen LogP contribution in [0.25, 0.3) is 0 Å². The monoisotopic (exact) mass is 561 g/mol. The van der Waals surface area contributed by atoms with Gasteiger partial charge in [0, 0.05) is 12.6 Å². The Morgan fingerprint density at radius 1 is 0.872 bits per heavy atom. The van der Waals surface area contributed by atoms with Gasteiger partial charge in [0.05, 0.1) is 16.1 Å². The summed E-state index contributed by atoms with van der Waals surface area (Å²) in [6.45, 7) is 4.18. The van der Waals surface area contributed by atoms with Crippen molar-refractivity contribution in [2.75, 3.05) is 10.8 Å². The van der Waals surface area contributed by atoms with Crippen molar-refractivity contribution in [1.29, 1.82) is 0 Å². The SMILES string of the molecule is CC(C)NC(=O)C(C)N(Cc1ccccc1)C(=O)CN(c1cccc(C(F)(F)F)c1)S(=O)(=O)c1ccccc1. The molecule has 0 bridgehead atoms. The molecule has 0 saturated heterocycles. The van der Waals surface area contributed by atoms with Crippen molar-refractivity contribution in [2.24, 2.45) is 0 Å². The van der Waals surface area contributed by atoms with Crippen molar-refractivity contribution >= 4 is 27.5 Å². The molecule has 39 heavy (non-hydrogen) atoms. The van der Waals surface area contributed by atoms with E-state index < -0.39 is 46.2 Å². The third kappa shape index (κ3) is 7.60. The molecule has 0 aliphatic rings. The number of carbonyl (C=O) groups is 2. The van der Waals surface area contributed by atoms with Gasteiger partial charge in [-0.15, -0.1) is 0 Å². The van der Waals surface area contributed by atoms with Gasteiger partial charge in [-0.1, -0.05) is 54.6 Å². The minimum absolute atomic E-state index is 0.0197. The molecule has 1 N–H and O–H groups in total. The van der Waals surface area contributed by atoms with E-state index >= 15 is 0 Å². The minimum Gasteiger partial charge on any atom is -0.352 e. The Balaban J connectivity index is 2.07. The van der Waals surface area contributed by atoms with Gasteiger partial charge in [0.2, 0.25) is 11.8 Å². The van der Waals surface area contributed by atoms with Crippen LogP contribution in [0.4, 0.5) is 18.9 Å². The van der Waals surface area contributed by atoms with Crippen LogP contribution in [0.1, 0.15) is 31.9 Å². The normalized spacial score (nSPS) is 12.6. The van der Waals surface area contributed by atoms with E-state index in [0.29, 0.717) is 15.9 Å². The number of amides is 2. The van der Waals surface area contributed by atoms with Gasteiger partial charge in [0.15, 0.2) is 0 Å². The van der Waals surface area contributed by atoms with Gasteiger partial charge in [-0.3, -0.25) is 13.9 Å². The quantitative estimate of drug-likeness (QED) is 0.384. The molecule has 0 aliphatic carbocycles. The standard InChI is InChI=1S/C28H30F3N3O4S/c1-20(2)32-27(36)21(3)33(18-22-11-6-4-7-12-22)26(35)19-34(39(37,38)25-15-8-5-9-16-25)24-14-10-13-23(17-24)28(29,30)31/h4-17,20-21H,18-19H2,1-3H3,(H,32,36). The number of halogens is 3. The van der Waals surface area contributed by atoms with Gasteiger partial charge in [0.25, 0.3) is 10.0 Å². The first-order valence-corrected chi connectivity index (χ1v) is 13.6. The number of anilines is 1. The maximum absolute atomic E-state index is 13.7. The van der Waals surface area contributed by atoms with Crippen LogP contribution in [0, 0.1) is 0 Å². The molecule has 1 atom stereocenters. The fourth-order valence-corrected chi connectivity index (χ4v) is 5.28. The number of benzene rings is 3. The average molecular weight is 562 g/mol. The van der Waals surface area contributed by atoms with Crippen LogP contribution in [-0.2, 0) is 32.3 Å². The third-order valence-corrected chi connectivity index (χ3v) is 7.65. The molecule has 11 heteroatoms. The number of hydrogen-bond donors (Lipinski definition) is 1. The number of nitrogens with one attached hydrogen (secondary N) is 1. The molecule has 3 aromatic carbocycles. The highest BCUT2D eigenvalue weighted by atomic mass is 32.2. The molecule has 0 radical (unpaired) electrons. The molecule has 0 saturated carbocycles. The molecule has 7 nitrogen and oxygen atoms in total. The summed E-state index contributed by atoms with van der Waals surface area (Å²) in [7, 11) is -4.46. The van der Waals surface area contributed by atoms with Gasteiger partial charge < -0.3 is 10.2 Å². The Labute approximate surface area is 226 Å². The zero-order valence-corrected chi connectivity index (χ0v) is 22.5. The molecule has 3 aromatic rings. The van der Waals surface area contributed by atoms with Gasteiger partial charge in [0.1, 0.15) is 12.6 Å². The number of nitrogens with zero attached hydrogens (tertiary/aromatic N) is 2. The summed E-state index contributed by atoms with van der Waals surface area (Å²) in [5.41, 5.74) is -0.709. The maximum Gasteiger partial charge on any atom is 0.416 e. The zero-order chi connectivity index (χ0) is 28.8. The molecule has 1 unspecified atom stereocenters. The Morgan fingerprint density at radius 3 is 2.03 bits per heavy atom. The molecular formula is C28H30F3N3O4S. The van der Waals surface area contributed by atoms with Gasteiger partial charge in [-0.2, -0.15) is 13.2 Å². The Bertz CT molecular complexity index is 1380. The lowest BCUT2D eigenvalue weighted by atomic mass is 10.1. The smallest absolute Gasteiger partial charge is 0.352 e. The van der Waals surface area contributed by atoms with Crippen molar-refractivity contribution < 1.29 is 31.2 Å². The lowest BCUT2D eigenvalue weighted by molar-refractivity contribution is -0.139. The highest BCUT2D eigenvalue weighted by Gasteiger charge is 2.35. The number of hydrogen-bond acceptors (Lipinski definition) is 4. The van der Waals surface area contributed by atoms with Crippen LogP contribution < -0.4 is 9.62 Å². The van der Waals surface area contributed by atoms with Crippen LogP contribution >= 0.6 is 0 Å². The molecule has 0 spiro atoms. The third-order valence-electron chi connectivity index (χ3n) is 5.87. The van der Waals surface area contributed by atoms with Crippen LogP contribution in [0.15, 0.2) is 89.8 Å². The summed E-state index contributed by atoms with van der Waals surface area (Å²) in [5, 5.41) is 2.74. The first kappa shape index (κ1) is 29.7. The summed E-state index contributed by atoms with van der Waals surface area (Å²) in [6.07, 6.45) is -4.73. The van der Waals surface area contributed by atoms with E-state index in [1.165, 1.54) is 42.2 Å². The van der Waals surface area contributed by atoms with Gasteiger partial charge in [-0.25, -0.2) is 8.42 Å². The van der Waals surface area contributed by atoms with Crippen LogP contribution in [0.2, 0.25) is 0 Å². The van der Waals surface area contributed by atoms with E-state index in [4.69, 9.17) is 0 Å². The van der Waals surface area contributed by atoms with E-state index in [2.05, 4.69) is 5.32 Å². The van der Waals surface area contributed by atoms with Gasteiger partial charge in [-0.05, 0) is 56.7 Å². The van der Waals surface area contributed by atoms with Crippen molar-refractivity contribution in [3.8, 4) is 0 Å². The zero-order valence-electron chi connectivity index (χ0n) is 21.7. The second-order valence-electron chi connectivity index (χ2n) is 9.22. The number of carbonyl (C=O) groups excluding carboxylic acids is 2. The predicted molar refractivity (Wildman–Crippen MR) is 142 cm³/mol. The number of sulfonamides is 1. The summed E-state index contributed by atoms with van der Waals surface area (Å²) < 4.78 is 68.4. The van der Waals surface area contributed by atoms with E-state index in [1.54, 1.807) is 50.2 Å². The second-order valence-corrected chi connectivity index (χ2v) is 11.1. The van der Waals surface area contributed by atoms with Gasteiger partial charge >= 0.3 is 6.18 Å². The molecule has 0 fully saturated rings. The Hall–Kier alpha value is -3.86. The van der Waals surface area contributed by atoms with Crippen molar-refractivity contribution in [3.63, 3.8) is 0 Å². The fraction of sp³-hybridized carbons (Fsp3) is 0.286. The van der Waals surface area contributed by atoms with Crippen molar-refractivity contribution in [1.82, 2.24) is 10.2 Å². The first-order chi connectivity index (χ1) is 18.3. The van der Waals surface area contributed by atoms with E-state index in [1.807, 2.05) is 0 Å². The van der Waals surface area contributed by atoms with E-state index in [0.717, 1.165) is 12.1 Å². The van der Waals surface area contributed by atoms with E-state index in [9.17, 15) is 31.2 Å². The van der Waals surface area contributed by atoms with Crippen LogP contribution in [0.5, 0.6) is 0 Å². The highest BCUT2D eigenvalue weighted by Crippen LogP contribution is 2.33. The van der Waals surface area contributed by atoms with Crippen LogP contribution in [0.3, 0.4) is 0 Å². The molecular weight excluding hydrogens is 531 g/mol. The lowest BCUT2D eigenvalue weighted by Gasteiger charge is -2.32. The van der Waals surface area contributed by atoms with Crippen LogP contribution in [-0.4, -0.2) is 43.8 Å². The Kier molecular flexibility index (Phi) is 9.39. The topological polar surface area (TPSA) is 86.8 Å². The molecule has 0 heterocycles.